The lowest BCUT2D eigenvalue weighted by Crippen LogP contribution is -2.49. The van der Waals surface area contributed by atoms with Gasteiger partial charge in [0, 0.05) is 11.8 Å². The SMILES string of the molecule is C=CC1=CCC2C(=O)C=C(C)C(=O)C2(C)C1c1cc(C)c(O)c(C)c1. The second-order valence-corrected chi connectivity index (χ2v) is 7.47. The average Bonchev–Trinajstić information content (AvgIpc) is 2.56. The Morgan fingerprint density at radius 2 is 1.80 bits per heavy atom. The largest absolute Gasteiger partial charge is 0.507 e. The first-order chi connectivity index (χ1) is 11.7. The van der Waals surface area contributed by atoms with Crippen LogP contribution in [0.15, 0.2) is 48.1 Å². The second-order valence-electron chi connectivity index (χ2n) is 7.47. The third kappa shape index (κ3) is 2.41. The van der Waals surface area contributed by atoms with Crippen LogP contribution in [-0.4, -0.2) is 16.7 Å². The second kappa shape index (κ2) is 5.83. The molecule has 2 aliphatic carbocycles. The van der Waals surface area contributed by atoms with E-state index in [-0.39, 0.29) is 29.2 Å². The number of hydrogen-bond acceptors (Lipinski definition) is 3. The molecule has 1 N–H and O–H groups in total. The summed E-state index contributed by atoms with van der Waals surface area (Å²) >= 11 is 0. The molecular weight excluding hydrogens is 312 g/mol. The number of hydrogen-bond donors (Lipinski definition) is 1. The van der Waals surface area contributed by atoms with Crippen molar-refractivity contribution in [3.05, 3.63) is 64.8 Å². The molecule has 0 saturated carbocycles. The first-order valence-electron chi connectivity index (χ1n) is 8.61. The van der Waals surface area contributed by atoms with E-state index < -0.39 is 5.41 Å². The number of aromatic hydroxyl groups is 1. The summed E-state index contributed by atoms with van der Waals surface area (Å²) in [5.74, 6) is -0.282. The van der Waals surface area contributed by atoms with Crippen molar-refractivity contribution in [3.63, 3.8) is 0 Å². The number of phenolic OH excluding ortho intramolecular Hbond substituents is 1. The molecule has 0 heterocycles. The van der Waals surface area contributed by atoms with E-state index in [0.29, 0.717) is 12.0 Å². The summed E-state index contributed by atoms with van der Waals surface area (Å²) in [6, 6.07) is 3.84. The smallest absolute Gasteiger partial charge is 0.166 e. The van der Waals surface area contributed by atoms with Crippen molar-refractivity contribution in [1.82, 2.24) is 0 Å². The highest BCUT2D eigenvalue weighted by Gasteiger charge is 2.54. The van der Waals surface area contributed by atoms with Crippen LogP contribution in [0.3, 0.4) is 0 Å². The molecule has 3 heteroatoms. The van der Waals surface area contributed by atoms with Gasteiger partial charge in [-0.2, -0.15) is 0 Å². The normalized spacial score (nSPS) is 29.0. The zero-order chi connectivity index (χ0) is 18.5. The van der Waals surface area contributed by atoms with Gasteiger partial charge in [0.1, 0.15) is 5.75 Å². The zero-order valence-electron chi connectivity index (χ0n) is 15.2. The van der Waals surface area contributed by atoms with E-state index >= 15 is 0 Å². The number of Topliss-reactive ketones (excluding diaryl/α,β-unsaturated/α-hetero) is 1. The molecule has 25 heavy (non-hydrogen) atoms. The highest BCUT2D eigenvalue weighted by molar-refractivity contribution is 6.13. The fraction of sp³-hybridized carbons (Fsp3) is 0.364. The quantitative estimate of drug-likeness (QED) is 0.874. The van der Waals surface area contributed by atoms with E-state index in [4.69, 9.17) is 0 Å². The van der Waals surface area contributed by atoms with E-state index in [1.54, 1.807) is 13.0 Å². The molecule has 0 spiro atoms. The van der Waals surface area contributed by atoms with E-state index in [1.807, 2.05) is 39.0 Å². The van der Waals surface area contributed by atoms with Crippen molar-refractivity contribution in [2.75, 3.05) is 0 Å². The van der Waals surface area contributed by atoms with Crippen molar-refractivity contribution < 1.29 is 14.7 Å². The monoisotopic (exact) mass is 336 g/mol. The standard InChI is InChI=1S/C22H24O3/c1-6-15-7-8-17-18(23)11-14(4)21(25)22(17,5)19(15)16-9-12(2)20(24)13(3)10-16/h6-7,9-11,17,19,24H,1,8H2,2-5H3. The van der Waals surface area contributed by atoms with Gasteiger partial charge in [-0.15, -0.1) is 0 Å². The zero-order valence-corrected chi connectivity index (χ0v) is 15.2. The Bertz CT molecular complexity index is 833. The van der Waals surface area contributed by atoms with Crippen LogP contribution in [0.2, 0.25) is 0 Å². The van der Waals surface area contributed by atoms with Gasteiger partial charge in [-0.3, -0.25) is 9.59 Å². The number of aryl methyl sites for hydroxylation is 2. The molecule has 130 valence electrons. The van der Waals surface area contributed by atoms with E-state index in [2.05, 4.69) is 6.58 Å². The van der Waals surface area contributed by atoms with E-state index in [9.17, 15) is 14.7 Å². The lowest BCUT2D eigenvalue weighted by atomic mass is 9.53. The van der Waals surface area contributed by atoms with Gasteiger partial charge in [-0.25, -0.2) is 0 Å². The Kier molecular flexibility index (Phi) is 4.06. The van der Waals surface area contributed by atoms with Crippen molar-refractivity contribution in [2.45, 2.75) is 40.0 Å². The maximum atomic E-state index is 13.2. The molecule has 0 radical (unpaired) electrons. The fourth-order valence-electron chi connectivity index (χ4n) is 4.57. The molecule has 0 aliphatic heterocycles. The predicted octanol–water partition coefficient (Wildman–Crippen LogP) is 4.33. The molecule has 0 fully saturated rings. The van der Waals surface area contributed by atoms with Crippen LogP contribution in [0.1, 0.15) is 42.9 Å². The Morgan fingerprint density at radius 1 is 1.20 bits per heavy atom. The summed E-state index contributed by atoms with van der Waals surface area (Å²) in [5, 5.41) is 10.1. The molecule has 0 aromatic heterocycles. The number of fused-ring (bicyclic) bond motifs is 1. The van der Waals surface area contributed by atoms with Crippen molar-refractivity contribution >= 4 is 11.6 Å². The summed E-state index contributed by atoms with van der Waals surface area (Å²) < 4.78 is 0. The van der Waals surface area contributed by atoms with Crippen molar-refractivity contribution in [3.8, 4) is 5.75 Å². The third-order valence-electron chi connectivity index (χ3n) is 5.88. The van der Waals surface area contributed by atoms with Gasteiger partial charge in [0.05, 0.1) is 5.41 Å². The summed E-state index contributed by atoms with van der Waals surface area (Å²) in [7, 11) is 0. The number of carbonyl (C=O) groups is 2. The van der Waals surface area contributed by atoms with Crippen LogP contribution in [0.5, 0.6) is 5.75 Å². The predicted molar refractivity (Wildman–Crippen MR) is 98.6 cm³/mol. The molecule has 1 aromatic rings. The lowest BCUT2D eigenvalue weighted by molar-refractivity contribution is -0.137. The number of rotatable bonds is 2. The number of carbonyl (C=O) groups excluding carboxylic acids is 2. The first kappa shape index (κ1) is 17.4. The molecule has 0 amide bonds. The van der Waals surface area contributed by atoms with Crippen LogP contribution in [-0.2, 0) is 9.59 Å². The van der Waals surface area contributed by atoms with Crippen LogP contribution < -0.4 is 0 Å². The van der Waals surface area contributed by atoms with Crippen molar-refractivity contribution in [1.29, 1.82) is 0 Å². The van der Waals surface area contributed by atoms with Gasteiger partial charge in [-0.1, -0.05) is 37.8 Å². The van der Waals surface area contributed by atoms with Gasteiger partial charge in [0.25, 0.3) is 0 Å². The fourth-order valence-corrected chi connectivity index (χ4v) is 4.57. The molecule has 3 atom stereocenters. The highest BCUT2D eigenvalue weighted by atomic mass is 16.3. The third-order valence-corrected chi connectivity index (χ3v) is 5.88. The van der Waals surface area contributed by atoms with Crippen LogP contribution in [0.25, 0.3) is 0 Å². The van der Waals surface area contributed by atoms with Gasteiger partial charge in [0.15, 0.2) is 11.6 Å². The Balaban J connectivity index is 2.28. The Morgan fingerprint density at radius 3 is 2.36 bits per heavy atom. The van der Waals surface area contributed by atoms with Gasteiger partial charge >= 0.3 is 0 Å². The number of benzene rings is 1. The minimum absolute atomic E-state index is 0.0242. The highest BCUT2D eigenvalue weighted by Crippen LogP contribution is 2.55. The molecule has 0 saturated heterocycles. The number of ketones is 2. The summed E-state index contributed by atoms with van der Waals surface area (Å²) in [6.07, 6.45) is 5.86. The maximum absolute atomic E-state index is 13.2. The molecule has 1 aromatic carbocycles. The Hall–Kier alpha value is -2.42. The number of phenols is 1. The molecule has 2 aliphatic rings. The van der Waals surface area contributed by atoms with Gasteiger partial charge in [0.2, 0.25) is 0 Å². The van der Waals surface area contributed by atoms with Crippen LogP contribution >= 0.6 is 0 Å². The first-order valence-corrected chi connectivity index (χ1v) is 8.61. The van der Waals surface area contributed by atoms with E-state index in [1.165, 1.54) is 6.08 Å². The topological polar surface area (TPSA) is 54.4 Å². The molecule has 3 nitrogen and oxygen atoms in total. The van der Waals surface area contributed by atoms with Crippen molar-refractivity contribution in [2.24, 2.45) is 11.3 Å². The van der Waals surface area contributed by atoms with Gasteiger partial charge < -0.3 is 5.11 Å². The van der Waals surface area contributed by atoms with Gasteiger partial charge in [-0.05, 0) is 61.1 Å². The minimum Gasteiger partial charge on any atom is -0.507 e. The summed E-state index contributed by atoms with van der Waals surface area (Å²) in [5.41, 5.74) is 3.15. The summed E-state index contributed by atoms with van der Waals surface area (Å²) in [4.78, 5) is 25.8. The average molecular weight is 336 g/mol. The van der Waals surface area contributed by atoms with Crippen LogP contribution in [0, 0.1) is 25.2 Å². The lowest BCUT2D eigenvalue weighted by Gasteiger charge is -2.47. The maximum Gasteiger partial charge on any atom is 0.166 e. The van der Waals surface area contributed by atoms with Crippen LogP contribution in [0.4, 0.5) is 0 Å². The molecule has 0 bridgehead atoms. The number of allylic oxidation sites excluding steroid dienone is 5. The van der Waals surface area contributed by atoms with E-state index in [0.717, 1.165) is 22.3 Å². The molecular formula is C22H24O3. The molecule has 3 unspecified atom stereocenters. The molecule has 3 rings (SSSR count). The summed E-state index contributed by atoms with van der Waals surface area (Å²) in [6.45, 7) is 11.3. The minimum atomic E-state index is -0.829. The Labute approximate surface area is 148 Å².